The summed E-state index contributed by atoms with van der Waals surface area (Å²) in [7, 11) is 0. The first-order valence-electron chi connectivity index (χ1n) is 5.23. The molecule has 6 heteroatoms. The van der Waals surface area contributed by atoms with Crippen molar-refractivity contribution in [1.29, 1.82) is 0 Å². The van der Waals surface area contributed by atoms with Crippen molar-refractivity contribution >= 4 is 17.5 Å². The highest BCUT2D eigenvalue weighted by atomic mass is 35.5. The van der Waals surface area contributed by atoms with Crippen LogP contribution in [0.4, 0.5) is 5.95 Å². The maximum Gasteiger partial charge on any atom is 0.281 e. The predicted molar refractivity (Wildman–Crippen MR) is 65.2 cm³/mol. The molecular formula is C11H9ClN4O. The number of fused-ring (bicyclic) bond motifs is 1. The van der Waals surface area contributed by atoms with Crippen LogP contribution in [0.25, 0.3) is 11.3 Å². The van der Waals surface area contributed by atoms with Gasteiger partial charge in [-0.15, -0.1) is 10.2 Å². The summed E-state index contributed by atoms with van der Waals surface area (Å²) < 4.78 is 1.59. The third-order valence-corrected chi connectivity index (χ3v) is 2.94. The summed E-state index contributed by atoms with van der Waals surface area (Å²) in [4.78, 5) is 12.1. The molecule has 0 amide bonds. The van der Waals surface area contributed by atoms with E-state index in [1.165, 1.54) is 0 Å². The van der Waals surface area contributed by atoms with Crippen molar-refractivity contribution in [2.24, 2.45) is 0 Å². The van der Waals surface area contributed by atoms with E-state index in [4.69, 9.17) is 11.6 Å². The molecule has 5 nitrogen and oxygen atoms in total. The van der Waals surface area contributed by atoms with Crippen molar-refractivity contribution in [1.82, 2.24) is 14.8 Å². The van der Waals surface area contributed by atoms with Crippen LogP contribution in [0.2, 0.25) is 5.02 Å². The van der Waals surface area contributed by atoms with Gasteiger partial charge < -0.3 is 5.32 Å². The van der Waals surface area contributed by atoms with Gasteiger partial charge in [-0.3, -0.25) is 9.36 Å². The summed E-state index contributed by atoms with van der Waals surface area (Å²) in [5.41, 5.74) is 0.963. The molecule has 1 N–H and O–H groups in total. The van der Waals surface area contributed by atoms with Gasteiger partial charge in [-0.1, -0.05) is 23.7 Å². The Labute approximate surface area is 102 Å². The molecule has 1 aliphatic heterocycles. The van der Waals surface area contributed by atoms with Crippen molar-refractivity contribution in [2.45, 2.75) is 6.54 Å². The monoisotopic (exact) mass is 248 g/mol. The highest BCUT2D eigenvalue weighted by Crippen LogP contribution is 2.17. The molecular weight excluding hydrogens is 240 g/mol. The highest BCUT2D eigenvalue weighted by molar-refractivity contribution is 6.30. The van der Waals surface area contributed by atoms with Crippen LogP contribution in [-0.4, -0.2) is 21.3 Å². The summed E-state index contributed by atoms with van der Waals surface area (Å²) in [5, 5.41) is 11.6. The number of hydrogen-bond donors (Lipinski definition) is 1. The smallest absolute Gasteiger partial charge is 0.281 e. The quantitative estimate of drug-likeness (QED) is 0.828. The molecule has 0 fully saturated rings. The molecule has 3 rings (SSSR count). The van der Waals surface area contributed by atoms with E-state index in [0.717, 1.165) is 5.56 Å². The molecule has 1 aliphatic rings. The SMILES string of the molecule is O=c1c(-c2ccc(Cl)cc2)nnc2n1CCN2. The van der Waals surface area contributed by atoms with Gasteiger partial charge in [0.05, 0.1) is 0 Å². The molecule has 0 spiro atoms. The van der Waals surface area contributed by atoms with Crippen LogP contribution in [-0.2, 0) is 6.54 Å². The molecule has 0 unspecified atom stereocenters. The van der Waals surface area contributed by atoms with Gasteiger partial charge in [0.1, 0.15) is 0 Å². The maximum atomic E-state index is 12.1. The first-order valence-corrected chi connectivity index (χ1v) is 5.61. The number of rotatable bonds is 1. The largest absolute Gasteiger partial charge is 0.352 e. The van der Waals surface area contributed by atoms with Gasteiger partial charge in [0.2, 0.25) is 5.95 Å². The molecule has 17 heavy (non-hydrogen) atoms. The van der Waals surface area contributed by atoms with Gasteiger partial charge in [0.25, 0.3) is 5.56 Å². The van der Waals surface area contributed by atoms with Crippen LogP contribution >= 0.6 is 11.6 Å². The van der Waals surface area contributed by atoms with E-state index < -0.39 is 0 Å². The molecule has 0 atom stereocenters. The van der Waals surface area contributed by atoms with Gasteiger partial charge >= 0.3 is 0 Å². The minimum Gasteiger partial charge on any atom is -0.352 e. The zero-order valence-electron chi connectivity index (χ0n) is 8.85. The summed E-state index contributed by atoms with van der Waals surface area (Å²) in [5.74, 6) is 0.535. The lowest BCUT2D eigenvalue weighted by molar-refractivity contribution is 0.743. The minimum atomic E-state index is -0.123. The molecule has 1 aromatic heterocycles. The fourth-order valence-corrected chi connectivity index (χ4v) is 1.95. The van der Waals surface area contributed by atoms with E-state index in [-0.39, 0.29) is 5.56 Å². The van der Waals surface area contributed by atoms with E-state index in [1.807, 2.05) is 0 Å². The second kappa shape index (κ2) is 3.85. The molecule has 0 saturated heterocycles. The van der Waals surface area contributed by atoms with Gasteiger partial charge in [-0.25, -0.2) is 0 Å². The average Bonchev–Trinajstić information content (AvgIpc) is 2.80. The fraction of sp³-hybridized carbons (Fsp3) is 0.182. The third kappa shape index (κ3) is 1.68. The Balaban J connectivity index is 2.16. The van der Waals surface area contributed by atoms with E-state index >= 15 is 0 Å². The Kier molecular flexibility index (Phi) is 2.33. The fourth-order valence-electron chi connectivity index (χ4n) is 1.82. The molecule has 0 radical (unpaired) electrons. The average molecular weight is 249 g/mol. The standard InChI is InChI=1S/C11H9ClN4O/c12-8-3-1-7(2-4-8)9-10(17)16-6-5-13-11(16)15-14-9/h1-4H,5-6H2,(H,13,15). The number of benzene rings is 1. The summed E-state index contributed by atoms with van der Waals surface area (Å²) >= 11 is 5.80. The van der Waals surface area contributed by atoms with Crippen molar-refractivity contribution in [2.75, 3.05) is 11.9 Å². The molecule has 0 aliphatic carbocycles. The Morgan fingerprint density at radius 2 is 2.00 bits per heavy atom. The normalized spacial score (nSPS) is 13.2. The Morgan fingerprint density at radius 3 is 2.76 bits per heavy atom. The third-order valence-electron chi connectivity index (χ3n) is 2.68. The van der Waals surface area contributed by atoms with E-state index in [2.05, 4.69) is 15.5 Å². The van der Waals surface area contributed by atoms with Gasteiger partial charge in [0.15, 0.2) is 5.69 Å². The molecule has 2 heterocycles. The summed E-state index contributed by atoms with van der Waals surface area (Å²) in [6.45, 7) is 1.35. The van der Waals surface area contributed by atoms with Crippen LogP contribution in [0, 0.1) is 0 Å². The highest BCUT2D eigenvalue weighted by Gasteiger charge is 2.16. The number of anilines is 1. The molecule has 2 aromatic rings. The Morgan fingerprint density at radius 1 is 1.24 bits per heavy atom. The van der Waals surface area contributed by atoms with Crippen LogP contribution < -0.4 is 10.9 Å². The van der Waals surface area contributed by atoms with Crippen molar-refractivity contribution in [3.05, 3.63) is 39.6 Å². The second-order valence-electron chi connectivity index (χ2n) is 3.76. The molecule has 1 aromatic carbocycles. The van der Waals surface area contributed by atoms with Gasteiger partial charge in [0, 0.05) is 23.7 Å². The topological polar surface area (TPSA) is 59.8 Å². The summed E-state index contributed by atoms with van der Waals surface area (Å²) in [6, 6.07) is 6.99. The van der Waals surface area contributed by atoms with E-state index in [1.54, 1.807) is 28.8 Å². The molecule has 0 saturated carbocycles. The maximum absolute atomic E-state index is 12.1. The van der Waals surface area contributed by atoms with Crippen molar-refractivity contribution < 1.29 is 0 Å². The number of nitrogens with zero attached hydrogens (tertiary/aromatic N) is 3. The van der Waals surface area contributed by atoms with Gasteiger partial charge in [-0.05, 0) is 12.1 Å². The number of halogens is 1. The zero-order chi connectivity index (χ0) is 11.8. The van der Waals surface area contributed by atoms with Crippen molar-refractivity contribution in [3.63, 3.8) is 0 Å². The van der Waals surface area contributed by atoms with E-state index in [0.29, 0.717) is 29.8 Å². The van der Waals surface area contributed by atoms with Crippen LogP contribution in [0.15, 0.2) is 29.1 Å². The predicted octanol–water partition coefficient (Wildman–Crippen LogP) is 1.38. The van der Waals surface area contributed by atoms with Crippen LogP contribution in [0.5, 0.6) is 0 Å². The lowest BCUT2D eigenvalue weighted by Crippen LogP contribution is -2.22. The minimum absolute atomic E-state index is 0.123. The number of nitrogens with one attached hydrogen (secondary N) is 1. The number of aromatic nitrogens is 3. The molecule has 86 valence electrons. The second-order valence-corrected chi connectivity index (χ2v) is 4.20. The molecule has 0 bridgehead atoms. The lowest BCUT2D eigenvalue weighted by Gasteiger charge is -2.03. The summed E-state index contributed by atoms with van der Waals surface area (Å²) in [6.07, 6.45) is 0. The Hall–Kier alpha value is -1.88. The van der Waals surface area contributed by atoms with E-state index in [9.17, 15) is 4.79 Å². The first-order chi connectivity index (χ1) is 8.25. The van der Waals surface area contributed by atoms with Crippen LogP contribution in [0.1, 0.15) is 0 Å². The van der Waals surface area contributed by atoms with Crippen molar-refractivity contribution in [3.8, 4) is 11.3 Å². The first kappa shape index (κ1) is 10.3. The lowest BCUT2D eigenvalue weighted by atomic mass is 10.2. The van der Waals surface area contributed by atoms with Crippen LogP contribution in [0.3, 0.4) is 0 Å². The Bertz CT molecular complexity index is 620. The zero-order valence-corrected chi connectivity index (χ0v) is 9.61. The number of hydrogen-bond acceptors (Lipinski definition) is 4. The van der Waals surface area contributed by atoms with Gasteiger partial charge in [-0.2, -0.15) is 0 Å².